The summed E-state index contributed by atoms with van der Waals surface area (Å²) in [5.41, 5.74) is 3.04. The van der Waals surface area contributed by atoms with Gasteiger partial charge in [0.05, 0.1) is 10.7 Å². The van der Waals surface area contributed by atoms with Gasteiger partial charge in [0.1, 0.15) is 23.3 Å². The Morgan fingerprint density at radius 2 is 1.94 bits per heavy atom. The molecule has 0 aliphatic carbocycles. The van der Waals surface area contributed by atoms with Crippen LogP contribution in [-0.2, 0) is 29.1 Å². The summed E-state index contributed by atoms with van der Waals surface area (Å²) in [6.07, 6.45) is 2.79. The molecular formula is C22H22Cl3N7O2. The number of aromatic amines is 1. The number of unbranched alkanes of at least 4 members (excludes halogenated alkanes) is 1. The van der Waals surface area contributed by atoms with Crippen LogP contribution in [0.25, 0.3) is 17.2 Å². The molecule has 0 saturated heterocycles. The molecule has 4 rings (SSSR count). The largest absolute Gasteiger partial charge is 0.459 e. The highest BCUT2D eigenvalue weighted by Crippen LogP contribution is 2.34. The maximum atomic E-state index is 11.4. The third-order valence-corrected chi connectivity index (χ3v) is 6.15. The lowest BCUT2D eigenvalue weighted by Gasteiger charge is -2.14. The van der Waals surface area contributed by atoms with Crippen LogP contribution < -0.4 is 0 Å². The van der Waals surface area contributed by atoms with Crippen molar-refractivity contribution >= 4 is 40.8 Å². The minimum Gasteiger partial charge on any atom is -0.459 e. The molecule has 3 aromatic heterocycles. The maximum Gasteiger partial charge on any atom is 0.303 e. The van der Waals surface area contributed by atoms with Crippen LogP contribution in [0.1, 0.15) is 43.8 Å². The number of tetrazole rings is 1. The van der Waals surface area contributed by atoms with Gasteiger partial charge in [-0.3, -0.25) is 9.36 Å². The van der Waals surface area contributed by atoms with Crippen LogP contribution in [0.15, 0.2) is 30.3 Å². The molecule has 0 aliphatic rings. The Labute approximate surface area is 211 Å². The normalized spacial score (nSPS) is 11.2. The molecular weight excluding hydrogens is 501 g/mol. The van der Waals surface area contributed by atoms with Crippen LogP contribution in [0, 0.1) is 0 Å². The lowest BCUT2D eigenvalue weighted by molar-refractivity contribution is -0.142. The van der Waals surface area contributed by atoms with E-state index < -0.39 is 0 Å². The number of aromatic nitrogens is 7. The van der Waals surface area contributed by atoms with Crippen LogP contribution in [0.4, 0.5) is 0 Å². The zero-order chi connectivity index (χ0) is 24.2. The number of ether oxygens (including phenoxy) is 1. The van der Waals surface area contributed by atoms with E-state index in [1.165, 1.54) is 6.92 Å². The number of rotatable bonds is 9. The van der Waals surface area contributed by atoms with Gasteiger partial charge in [0.2, 0.25) is 0 Å². The van der Waals surface area contributed by atoms with E-state index in [9.17, 15) is 4.79 Å². The van der Waals surface area contributed by atoms with Gasteiger partial charge >= 0.3 is 5.97 Å². The van der Waals surface area contributed by atoms with Gasteiger partial charge in [-0.1, -0.05) is 60.3 Å². The number of esters is 1. The fourth-order valence-electron chi connectivity index (χ4n) is 3.64. The number of carbonyl (C=O) groups is 1. The molecule has 34 heavy (non-hydrogen) atoms. The van der Waals surface area contributed by atoms with Crippen molar-refractivity contribution in [1.29, 1.82) is 0 Å². The number of hydrogen-bond acceptors (Lipinski definition) is 6. The lowest BCUT2D eigenvalue weighted by Crippen LogP contribution is -2.11. The number of H-pyrrole nitrogens is 1. The zero-order valence-electron chi connectivity index (χ0n) is 18.6. The highest BCUT2D eigenvalue weighted by Gasteiger charge is 2.20. The smallest absolute Gasteiger partial charge is 0.303 e. The molecule has 0 unspecified atom stereocenters. The maximum absolute atomic E-state index is 11.4. The van der Waals surface area contributed by atoms with Crippen molar-refractivity contribution in [2.45, 2.75) is 46.3 Å². The van der Waals surface area contributed by atoms with Crippen molar-refractivity contribution in [3.05, 3.63) is 62.7 Å². The van der Waals surface area contributed by atoms with Gasteiger partial charge in [-0.15, -0.1) is 5.10 Å². The number of imidazole rings is 1. The minimum atomic E-state index is -0.372. The van der Waals surface area contributed by atoms with E-state index in [4.69, 9.17) is 39.5 Å². The van der Waals surface area contributed by atoms with E-state index in [1.807, 2.05) is 28.8 Å². The summed E-state index contributed by atoms with van der Waals surface area (Å²) in [5, 5.41) is 15.1. The van der Waals surface area contributed by atoms with Crippen molar-refractivity contribution in [2.24, 2.45) is 0 Å². The average molecular weight is 523 g/mol. The molecule has 0 radical (unpaired) electrons. The molecule has 0 saturated carbocycles. The SMILES string of the molecule is CCCCc1nc(Cl)c(COC(C)=O)n1Cc1ccc(-n2c(Cl)cc(Cl)c2-c2nnn[nH]2)cc1. The number of nitrogens with zero attached hydrogens (tertiary/aromatic N) is 6. The highest BCUT2D eigenvalue weighted by atomic mass is 35.5. The standard InChI is InChI=1S/C22H22Cl3N7O2/c1-3-4-5-19-26-21(25)17(12-34-13(2)33)31(19)11-14-6-8-15(9-7-14)32-18(24)10-16(23)20(32)22-27-29-30-28-22/h6-10H,3-5,11-12H2,1-2H3,(H,27,28,29,30). The third kappa shape index (κ3) is 5.11. The van der Waals surface area contributed by atoms with Crippen molar-refractivity contribution in [1.82, 2.24) is 34.7 Å². The van der Waals surface area contributed by atoms with E-state index in [-0.39, 0.29) is 12.6 Å². The molecule has 12 heteroatoms. The van der Waals surface area contributed by atoms with Crippen LogP contribution >= 0.6 is 34.8 Å². The van der Waals surface area contributed by atoms with Crippen molar-refractivity contribution in [2.75, 3.05) is 0 Å². The summed E-state index contributed by atoms with van der Waals surface area (Å²) in [4.78, 5) is 15.9. The van der Waals surface area contributed by atoms with E-state index in [2.05, 4.69) is 32.5 Å². The highest BCUT2D eigenvalue weighted by molar-refractivity contribution is 6.36. The van der Waals surface area contributed by atoms with Gasteiger partial charge in [0, 0.05) is 25.6 Å². The molecule has 4 aromatic rings. The zero-order valence-corrected chi connectivity index (χ0v) is 20.8. The second-order valence-electron chi connectivity index (χ2n) is 7.65. The molecule has 1 N–H and O–H groups in total. The van der Waals surface area contributed by atoms with Crippen LogP contribution in [0.5, 0.6) is 0 Å². The predicted octanol–water partition coefficient (Wildman–Crippen LogP) is 5.27. The van der Waals surface area contributed by atoms with E-state index in [1.54, 1.807) is 10.6 Å². The first-order chi connectivity index (χ1) is 16.4. The summed E-state index contributed by atoms with van der Waals surface area (Å²) in [6.45, 7) is 4.08. The molecule has 1 aromatic carbocycles. The average Bonchev–Trinajstić information content (AvgIpc) is 3.50. The van der Waals surface area contributed by atoms with Gasteiger partial charge in [-0.2, -0.15) is 0 Å². The summed E-state index contributed by atoms with van der Waals surface area (Å²) in [7, 11) is 0. The van der Waals surface area contributed by atoms with Crippen LogP contribution in [0.3, 0.4) is 0 Å². The van der Waals surface area contributed by atoms with Gasteiger partial charge in [0.25, 0.3) is 0 Å². The molecule has 0 amide bonds. The second-order valence-corrected chi connectivity index (χ2v) is 8.80. The number of halogens is 3. The quantitative estimate of drug-likeness (QED) is 0.300. The topological polar surface area (TPSA) is 104 Å². The Hall–Kier alpha value is -2.88. The van der Waals surface area contributed by atoms with Crippen LogP contribution in [0.2, 0.25) is 15.3 Å². The number of benzene rings is 1. The monoisotopic (exact) mass is 521 g/mol. The van der Waals surface area contributed by atoms with E-state index in [0.29, 0.717) is 39.1 Å². The molecule has 0 atom stereocenters. The number of carbonyl (C=O) groups excluding carboxylic acids is 1. The first kappa shape index (κ1) is 24.3. The third-order valence-electron chi connectivity index (χ3n) is 5.28. The molecule has 0 fully saturated rings. The Bertz CT molecular complexity index is 1280. The van der Waals surface area contributed by atoms with Gasteiger partial charge in [-0.25, -0.2) is 10.1 Å². The van der Waals surface area contributed by atoms with E-state index >= 15 is 0 Å². The van der Waals surface area contributed by atoms with Crippen molar-refractivity contribution < 1.29 is 9.53 Å². The molecule has 0 bridgehead atoms. The van der Waals surface area contributed by atoms with Crippen molar-refractivity contribution in [3.63, 3.8) is 0 Å². The number of nitrogens with one attached hydrogen (secondary N) is 1. The first-order valence-electron chi connectivity index (χ1n) is 10.7. The molecule has 178 valence electrons. The van der Waals surface area contributed by atoms with Crippen molar-refractivity contribution in [3.8, 4) is 17.2 Å². The fraction of sp³-hybridized carbons (Fsp3) is 0.318. The van der Waals surface area contributed by atoms with Gasteiger partial charge in [-0.05, 0) is 40.6 Å². The number of hydrogen-bond donors (Lipinski definition) is 1. The first-order valence-corrected chi connectivity index (χ1v) is 11.8. The summed E-state index contributed by atoms with van der Waals surface area (Å²) in [5.74, 6) is 0.895. The summed E-state index contributed by atoms with van der Waals surface area (Å²) < 4.78 is 8.99. The summed E-state index contributed by atoms with van der Waals surface area (Å²) in [6, 6.07) is 9.47. The van der Waals surface area contributed by atoms with Crippen LogP contribution in [-0.4, -0.2) is 40.7 Å². The Kier molecular flexibility index (Phi) is 7.55. The fourth-order valence-corrected chi connectivity index (χ4v) is 4.52. The molecule has 0 aliphatic heterocycles. The summed E-state index contributed by atoms with van der Waals surface area (Å²) >= 11 is 19.2. The Balaban J connectivity index is 1.65. The van der Waals surface area contributed by atoms with Gasteiger partial charge in [0.15, 0.2) is 11.0 Å². The van der Waals surface area contributed by atoms with Gasteiger partial charge < -0.3 is 9.30 Å². The molecule has 9 nitrogen and oxygen atoms in total. The molecule has 3 heterocycles. The lowest BCUT2D eigenvalue weighted by atomic mass is 10.2. The van der Waals surface area contributed by atoms with E-state index in [0.717, 1.165) is 36.3 Å². The Morgan fingerprint density at radius 1 is 1.18 bits per heavy atom. The predicted molar refractivity (Wildman–Crippen MR) is 129 cm³/mol. The second kappa shape index (κ2) is 10.6. The Morgan fingerprint density at radius 3 is 2.59 bits per heavy atom. The minimum absolute atomic E-state index is 0.0669. The number of aryl methyl sites for hydroxylation is 1. The molecule has 0 spiro atoms.